The van der Waals surface area contributed by atoms with Gasteiger partial charge in [-0.1, -0.05) is 35.9 Å². The molecule has 0 unspecified atom stereocenters. The van der Waals surface area contributed by atoms with Crippen LogP contribution in [0.4, 0.5) is 0 Å². The predicted molar refractivity (Wildman–Crippen MR) is 97.9 cm³/mol. The molecule has 0 aliphatic carbocycles. The lowest BCUT2D eigenvalue weighted by molar-refractivity contribution is 0.00578. The molecule has 0 atom stereocenters. The second-order valence-corrected chi connectivity index (χ2v) is 7.52. The van der Waals surface area contributed by atoms with Gasteiger partial charge in [0.25, 0.3) is 0 Å². The summed E-state index contributed by atoms with van der Waals surface area (Å²) in [6, 6.07) is 15.5. The third-order valence-corrected chi connectivity index (χ3v) is 4.91. The van der Waals surface area contributed by atoms with Crippen molar-refractivity contribution in [2.75, 3.05) is 0 Å². The summed E-state index contributed by atoms with van der Waals surface area (Å²) in [5.74, 6) is 0.780. The Balaban J connectivity index is 1.71. The quantitative estimate of drug-likeness (QED) is 0.777. The molecule has 1 saturated heterocycles. The van der Waals surface area contributed by atoms with Crippen LogP contribution in [0.15, 0.2) is 48.5 Å². The average molecular weight is 345 g/mol. The van der Waals surface area contributed by atoms with Gasteiger partial charge in [-0.05, 0) is 63.0 Å². The van der Waals surface area contributed by atoms with Gasteiger partial charge in [0.05, 0.1) is 11.2 Å². The van der Waals surface area contributed by atoms with Gasteiger partial charge in [-0.25, -0.2) is 0 Å². The second-order valence-electron chi connectivity index (χ2n) is 7.08. The number of hydrogen-bond donors (Lipinski definition) is 0. The fourth-order valence-corrected chi connectivity index (χ4v) is 2.74. The van der Waals surface area contributed by atoms with Crippen LogP contribution in [0.5, 0.6) is 5.75 Å². The van der Waals surface area contributed by atoms with Crippen molar-refractivity contribution in [3.05, 3.63) is 59.1 Å². The molecule has 5 heteroatoms. The molecule has 2 aromatic carbocycles. The Hall–Kier alpha value is -1.49. The summed E-state index contributed by atoms with van der Waals surface area (Å²) in [7, 11) is -0.385. The van der Waals surface area contributed by atoms with Crippen LogP contribution in [0.2, 0.25) is 5.02 Å². The molecule has 0 spiro atoms. The molecule has 0 N–H and O–H groups in total. The molecule has 0 saturated carbocycles. The summed E-state index contributed by atoms with van der Waals surface area (Å²) in [5, 5.41) is 0.710. The lowest BCUT2D eigenvalue weighted by atomic mass is 9.79. The molecule has 1 aliphatic rings. The lowest BCUT2D eigenvalue weighted by Gasteiger charge is -2.32. The standard InChI is InChI=1S/C19H22BClO3/c1-18(2)19(3,4)24-20(23-18)15-8-6-10-17(12-15)22-13-14-7-5-9-16(21)11-14/h5-12H,13H2,1-4H3. The number of hydrogen-bond acceptors (Lipinski definition) is 3. The fourth-order valence-electron chi connectivity index (χ4n) is 2.52. The summed E-state index contributed by atoms with van der Waals surface area (Å²) >= 11 is 6.00. The van der Waals surface area contributed by atoms with Crippen molar-refractivity contribution in [1.29, 1.82) is 0 Å². The summed E-state index contributed by atoms with van der Waals surface area (Å²) in [6.07, 6.45) is 0. The van der Waals surface area contributed by atoms with Crippen LogP contribution in [0, 0.1) is 0 Å². The molecule has 3 rings (SSSR count). The minimum atomic E-state index is -0.385. The average Bonchev–Trinajstić information content (AvgIpc) is 2.74. The van der Waals surface area contributed by atoms with Gasteiger partial charge in [-0.2, -0.15) is 0 Å². The van der Waals surface area contributed by atoms with Crippen molar-refractivity contribution in [1.82, 2.24) is 0 Å². The maximum Gasteiger partial charge on any atom is 0.494 e. The first-order valence-corrected chi connectivity index (χ1v) is 8.47. The molecule has 2 aromatic rings. The molecule has 0 amide bonds. The number of ether oxygens (including phenoxy) is 1. The Labute approximate surface area is 149 Å². The Morgan fingerprint density at radius 1 is 0.958 bits per heavy atom. The summed E-state index contributed by atoms with van der Waals surface area (Å²) in [4.78, 5) is 0. The highest BCUT2D eigenvalue weighted by Crippen LogP contribution is 2.36. The normalized spacial score (nSPS) is 18.6. The van der Waals surface area contributed by atoms with E-state index in [-0.39, 0.29) is 18.3 Å². The van der Waals surface area contributed by atoms with E-state index in [1.165, 1.54) is 0 Å². The fraction of sp³-hybridized carbons (Fsp3) is 0.368. The van der Waals surface area contributed by atoms with E-state index in [1.54, 1.807) is 0 Å². The minimum Gasteiger partial charge on any atom is -0.489 e. The SMILES string of the molecule is CC1(C)OB(c2cccc(OCc3cccc(Cl)c3)c2)OC1(C)C. The molecule has 1 fully saturated rings. The van der Waals surface area contributed by atoms with Crippen LogP contribution in [-0.4, -0.2) is 18.3 Å². The van der Waals surface area contributed by atoms with Crippen molar-refractivity contribution in [3.8, 4) is 5.75 Å². The van der Waals surface area contributed by atoms with Gasteiger partial charge in [-0.3, -0.25) is 0 Å². The van der Waals surface area contributed by atoms with Gasteiger partial charge in [0.15, 0.2) is 0 Å². The maximum absolute atomic E-state index is 6.09. The van der Waals surface area contributed by atoms with E-state index in [4.69, 9.17) is 25.6 Å². The van der Waals surface area contributed by atoms with Gasteiger partial charge < -0.3 is 14.0 Å². The molecule has 126 valence electrons. The van der Waals surface area contributed by atoms with E-state index in [0.29, 0.717) is 11.6 Å². The first kappa shape index (κ1) is 17.3. The maximum atomic E-state index is 6.09. The van der Waals surface area contributed by atoms with E-state index >= 15 is 0 Å². The van der Waals surface area contributed by atoms with Gasteiger partial charge in [0.2, 0.25) is 0 Å². The van der Waals surface area contributed by atoms with Crippen LogP contribution in [0.25, 0.3) is 0 Å². The van der Waals surface area contributed by atoms with Crippen molar-refractivity contribution in [2.45, 2.75) is 45.5 Å². The number of benzene rings is 2. The van der Waals surface area contributed by atoms with Crippen LogP contribution in [-0.2, 0) is 15.9 Å². The summed E-state index contributed by atoms with van der Waals surface area (Å²) in [5.41, 5.74) is 1.28. The number of rotatable bonds is 4. The van der Waals surface area contributed by atoms with E-state index in [1.807, 2.05) is 76.2 Å². The summed E-state index contributed by atoms with van der Waals surface area (Å²) in [6.45, 7) is 8.66. The predicted octanol–water partition coefficient (Wildman–Crippen LogP) is 4.22. The lowest BCUT2D eigenvalue weighted by Crippen LogP contribution is -2.41. The third kappa shape index (κ3) is 3.61. The highest BCUT2D eigenvalue weighted by molar-refractivity contribution is 6.62. The monoisotopic (exact) mass is 344 g/mol. The summed E-state index contributed by atoms with van der Waals surface area (Å²) < 4.78 is 18.1. The molecule has 0 aromatic heterocycles. The first-order chi connectivity index (χ1) is 11.3. The van der Waals surface area contributed by atoms with Crippen LogP contribution in [0.1, 0.15) is 33.3 Å². The van der Waals surface area contributed by atoms with Crippen LogP contribution >= 0.6 is 11.6 Å². The first-order valence-electron chi connectivity index (χ1n) is 8.10. The van der Waals surface area contributed by atoms with Gasteiger partial charge in [0, 0.05) is 5.02 Å². The zero-order chi connectivity index (χ0) is 17.4. The molecular weight excluding hydrogens is 322 g/mol. The Morgan fingerprint density at radius 3 is 2.29 bits per heavy atom. The highest BCUT2D eigenvalue weighted by Gasteiger charge is 2.51. The molecule has 1 heterocycles. The molecular formula is C19H22BClO3. The smallest absolute Gasteiger partial charge is 0.489 e. The topological polar surface area (TPSA) is 27.7 Å². The molecule has 0 radical (unpaired) electrons. The molecule has 24 heavy (non-hydrogen) atoms. The van der Waals surface area contributed by atoms with Crippen molar-refractivity contribution >= 4 is 24.2 Å². The van der Waals surface area contributed by atoms with Crippen LogP contribution in [0.3, 0.4) is 0 Å². The highest BCUT2D eigenvalue weighted by atomic mass is 35.5. The van der Waals surface area contributed by atoms with E-state index in [9.17, 15) is 0 Å². The minimum absolute atomic E-state index is 0.352. The van der Waals surface area contributed by atoms with Crippen molar-refractivity contribution < 1.29 is 14.0 Å². The van der Waals surface area contributed by atoms with Gasteiger partial charge in [0.1, 0.15) is 12.4 Å². The Bertz CT molecular complexity index is 714. The van der Waals surface area contributed by atoms with Crippen LogP contribution < -0.4 is 10.2 Å². The van der Waals surface area contributed by atoms with E-state index < -0.39 is 0 Å². The largest absolute Gasteiger partial charge is 0.494 e. The Kier molecular flexibility index (Phi) is 4.65. The van der Waals surface area contributed by atoms with Gasteiger partial charge >= 0.3 is 7.12 Å². The van der Waals surface area contributed by atoms with Gasteiger partial charge in [-0.15, -0.1) is 0 Å². The van der Waals surface area contributed by atoms with Crippen molar-refractivity contribution in [2.24, 2.45) is 0 Å². The third-order valence-electron chi connectivity index (χ3n) is 4.68. The molecule has 3 nitrogen and oxygen atoms in total. The number of halogens is 1. The van der Waals surface area contributed by atoms with E-state index in [2.05, 4.69) is 0 Å². The van der Waals surface area contributed by atoms with E-state index in [0.717, 1.165) is 16.8 Å². The molecule has 1 aliphatic heterocycles. The molecule has 0 bridgehead atoms. The van der Waals surface area contributed by atoms with Crippen molar-refractivity contribution in [3.63, 3.8) is 0 Å². The Morgan fingerprint density at radius 2 is 1.62 bits per heavy atom. The zero-order valence-corrected chi connectivity index (χ0v) is 15.3. The zero-order valence-electron chi connectivity index (χ0n) is 14.5. The second kappa shape index (κ2) is 6.43.